The van der Waals surface area contributed by atoms with Crippen LogP contribution in [0.3, 0.4) is 0 Å². The van der Waals surface area contributed by atoms with Crippen LogP contribution in [-0.2, 0) is 6.54 Å². The summed E-state index contributed by atoms with van der Waals surface area (Å²) >= 11 is 0. The lowest BCUT2D eigenvalue weighted by Crippen LogP contribution is -2.26. The summed E-state index contributed by atoms with van der Waals surface area (Å²) in [5.74, 6) is 0. The maximum atomic E-state index is 11.5. The predicted octanol–water partition coefficient (Wildman–Crippen LogP) is 0.950. The fourth-order valence-corrected chi connectivity index (χ4v) is 1.34. The predicted molar refractivity (Wildman–Crippen MR) is 50.2 cm³/mol. The van der Waals surface area contributed by atoms with Crippen molar-refractivity contribution in [2.45, 2.75) is 6.54 Å². The van der Waals surface area contributed by atoms with E-state index in [4.69, 9.17) is 0 Å². The number of amides is 1. The fraction of sp³-hybridized carbons (Fsp3) is 0.333. The molecule has 2 rings (SSSR count). The molecule has 68 valence electrons. The van der Waals surface area contributed by atoms with Crippen molar-refractivity contribution in [3.63, 3.8) is 0 Å². The van der Waals surface area contributed by atoms with Gasteiger partial charge in [-0.25, -0.2) is 4.79 Å². The van der Waals surface area contributed by atoms with Crippen LogP contribution in [0.1, 0.15) is 11.1 Å². The lowest BCUT2D eigenvalue weighted by atomic mass is 10.2. The Hall–Kier alpha value is -1.58. The monoisotopic (exact) mass is 177 g/mol. The molecule has 1 aromatic heterocycles. The van der Waals surface area contributed by atoms with Crippen LogP contribution >= 0.6 is 0 Å². The SMILES string of the molecule is CN(C)C(=O)n1cc2c(c1)CN=C2. The molecule has 2 heterocycles. The van der Waals surface area contributed by atoms with Gasteiger partial charge in [0.15, 0.2) is 0 Å². The van der Waals surface area contributed by atoms with Crippen molar-refractivity contribution in [2.24, 2.45) is 4.99 Å². The van der Waals surface area contributed by atoms with E-state index in [0.29, 0.717) is 6.54 Å². The first-order chi connectivity index (χ1) is 6.18. The zero-order valence-corrected chi connectivity index (χ0v) is 7.69. The molecule has 1 amide bonds. The van der Waals surface area contributed by atoms with Gasteiger partial charge in [-0.05, 0) is 0 Å². The topological polar surface area (TPSA) is 37.6 Å². The number of fused-ring (bicyclic) bond motifs is 1. The highest BCUT2D eigenvalue weighted by atomic mass is 16.2. The van der Waals surface area contributed by atoms with Gasteiger partial charge in [0.25, 0.3) is 0 Å². The van der Waals surface area contributed by atoms with Gasteiger partial charge in [-0.15, -0.1) is 0 Å². The van der Waals surface area contributed by atoms with Crippen LogP contribution in [0.4, 0.5) is 4.79 Å². The highest BCUT2D eigenvalue weighted by molar-refractivity contribution is 5.87. The molecular weight excluding hydrogens is 166 g/mol. The summed E-state index contributed by atoms with van der Waals surface area (Å²) in [7, 11) is 3.48. The molecule has 0 saturated heterocycles. The zero-order chi connectivity index (χ0) is 9.42. The first-order valence-corrected chi connectivity index (χ1v) is 4.11. The second kappa shape index (κ2) is 2.73. The smallest absolute Gasteiger partial charge is 0.327 e. The van der Waals surface area contributed by atoms with Crippen LogP contribution in [0.2, 0.25) is 0 Å². The number of hydrogen-bond acceptors (Lipinski definition) is 2. The Labute approximate surface area is 76.5 Å². The summed E-state index contributed by atoms with van der Waals surface area (Å²) in [5.41, 5.74) is 2.17. The largest absolute Gasteiger partial charge is 0.330 e. The van der Waals surface area contributed by atoms with Gasteiger partial charge in [0.2, 0.25) is 0 Å². The molecule has 0 aromatic carbocycles. The number of carbonyl (C=O) groups is 1. The van der Waals surface area contributed by atoms with Crippen molar-refractivity contribution in [3.8, 4) is 0 Å². The molecule has 0 bridgehead atoms. The highest BCUT2D eigenvalue weighted by Gasteiger charge is 2.13. The average Bonchev–Trinajstić information content (AvgIpc) is 2.59. The molecule has 0 unspecified atom stereocenters. The van der Waals surface area contributed by atoms with Gasteiger partial charge < -0.3 is 4.90 Å². The molecule has 0 fully saturated rings. The third kappa shape index (κ3) is 1.24. The van der Waals surface area contributed by atoms with Gasteiger partial charge in [0, 0.05) is 43.8 Å². The highest BCUT2D eigenvalue weighted by Crippen LogP contribution is 2.15. The Morgan fingerprint density at radius 3 is 2.92 bits per heavy atom. The van der Waals surface area contributed by atoms with E-state index in [2.05, 4.69) is 4.99 Å². The van der Waals surface area contributed by atoms with E-state index in [9.17, 15) is 4.79 Å². The van der Waals surface area contributed by atoms with E-state index in [1.54, 1.807) is 29.8 Å². The third-order valence-corrected chi connectivity index (χ3v) is 2.04. The maximum Gasteiger partial charge on any atom is 0.327 e. The number of aromatic nitrogens is 1. The molecule has 1 aromatic rings. The van der Waals surface area contributed by atoms with Crippen LogP contribution in [0.25, 0.3) is 0 Å². The van der Waals surface area contributed by atoms with E-state index in [1.807, 2.05) is 12.4 Å². The molecule has 13 heavy (non-hydrogen) atoms. The molecule has 0 atom stereocenters. The van der Waals surface area contributed by atoms with Crippen LogP contribution < -0.4 is 0 Å². The molecule has 1 aliphatic rings. The van der Waals surface area contributed by atoms with Gasteiger partial charge in [-0.2, -0.15) is 0 Å². The molecular formula is C9H11N3O. The van der Waals surface area contributed by atoms with Gasteiger partial charge in [0.1, 0.15) is 0 Å². The molecule has 4 nitrogen and oxygen atoms in total. The van der Waals surface area contributed by atoms with Crippen LogP contribution in [0.15, 0.2) is 17.4 Å². The van der Waals surface area contributed by atoms with Gasteiger partial charge in [-0.1, -0.05) is 0 Å². The van der Waals surface area contributed by atoms with Gasteiger partial charge >= 0.3 is 6.03 Å². The summed E-state index contributed by atoms with van der Waals surface area (Å²) in [6.45, 7) is 0.697. The van der Waals surface area contributed by atoms with Gasteiger partial charge in [0.05, 0.1) is 6.54 Å². The summed E-state index contributed by atoms with van der Waals surface area (Å²) in [6, 6.07) is -0.0252. The number of hydrogen-bond donors (Lipinski definition) is 0. The van der Waals surface area contributed by atoms with Crippen LogP contribution in [0.5, 0.6) is 0 Å². The van der Waals surface area contributed by atoms with Crippen molar-refractivity contribution in [1.82, 2.24) is 9.47 Å². The summed E-state index contributed by atoms with van der Waals surface area (Å²) < 4.78 is 1.59. The molecule has 0 spiro atoms. The molecule has 4 heteroatoms. The average molecular weight is 177 g/mol. The van der Waals surface area contributed by atoms with Crippen LogP contribution in [0, 0.1) is 0 Å². The van der Waals surface area contributed by atoms with Crippen molar-refractivity contribution < 1.29 is 4.79 Å². The standard InChI is InChI=1S/C9H11N3O/c1-11(2)9(13)12-5-7-3-10-4-8(7)6-12/h3,5-6H,4H2,1-2H3. The van der Waals surface area contributed by atoms with E-state index >= 15 is 0 Å². The third-order valence-electron chi connectivity index (χ3n) is 2.04. The maximum absolute atomic E-state index is 11.5. The van der Waals surface area contributed by atoms with Crippen molar-refractivity contribution in [3.05, 3.63) is 23.5 Å². The first-order valence-electron chi connectivity index (χ1n) is 4.11. The van der Waals surface area contributed by atoms with Crippen molar-refractivity contribution in [2.75, 3.05) is 14.1 Å². The summed E-state index contributed by atoms with van der Waals surface area (Å²) in [5, 5.41) is 0. The lowest BCUT2D eigenvalue weighted by molar-refractivity contribution is 0.219. The van der Waals surface area contributed by atoms with Gasteiger partial charge in [-0.3, -0.25) is 9.56 Å². The first kappa shape index (κ1) is 8.04. The number of aliphatic imine (C=N–C) groups is 1. The molecule has 0 saturated carbocycles. The Morgan fingerprint density at radius 1 is 1.54 bits per heavy atom. The Balaban J connectivity index is 2.33. The number of nitrogens with zero attached hydrogens (tertiary/aromatic N) is 3. The van der Waals surface area contributed by atoms with Crippen molar-refractivity contribution >= 4 is 12.2 Å². The summed E-state index contributed by atoms with van der Waals surface area (Å²) in [4.78, 5) is 17.1. The van der Waals surface area contributed by atoms with E-state index in [0.717, 1.165) is 11.1 Å². The fourth-order valence-electron chi connectivity index (χ4n) is 1.34. The molecule has 1 aliphatic heterocycles. The van der Waals surface area contributed by atoms with Crippen LogP contribution in [-0.4, -0.2) is 35.8 Å². The second-order valence-electron chi connectivity index (χ2n) is 3.29. The molecule has 0 N–H and O–H groups in total. The summed E-state index contributed by atoms with van der Waals surface area (Å²) in [6.07, 6.45) is 5.45. The Kier molecular flexibility index (Phi) is 1.69. The Bertz CT molecular complexity index is 376. The minimum absolute atomic E-state index is 0.0252. The Morgan fingerprint density at radius 2 is 2.31 bits per heavy atom. The van der Waals surface area contributed by atoms with E-state index in [-0.39, 0.29) is 6.03 Å². The second-order valence-corrected chi connectivity index (χ2v) is 3.29. The molecule has 0 radical (unpaired) electrons. The van der Waals surface area contributed by atoms with Crippen molar-refractivity contribution in [1.29, 1.82) is 0 Å². The number of carbonyl (C=O) groups excluding carboxylic acids is 1. The van der Waals surface area contributed by atoms with E-state index < -0.39 is 0 Å². The molecule has 0 aliphatic carbocycles. The van der Waals surface area contributed by atoms with E-state index in [1.165, 1.54) is 0 Å². The minimum Gasteiger partial charge on any atom is -0.330 e. The minimum atomic E-state index is -0.0252. The quantitative estimate of drug-likeness (QED) is 0.581. The zero-order valence-electron chi connectivity index (χ0n) is 7.69. The lowest BCUT2D eigenvalue weighted by Gasteiger charge is -2.09. The number of rotatable bonds is 0. The normalized spacial score (nSPS) is 13.1.